The van der Waals surface area contributed by atoms with Crippen molar-refractivity contribution in [3.8, 4) is 0 Å². The number of halogens is 3. The Kier molecular flexibility index (Phi) is 5.40. The van der Waals surface area contributed by atoms with Crippen LogP contribution in [0.1, 0.15) is 12.5 Å². The number of rotatable bonds is 5. The quantitative estimate of drug-likeness (QED) is 0.873. The fourth-order valence-electron chi connectivity index (χ4n) is 1.84. The van der Waals surface area contributed by atoms with Crippen LogP contribution in [0.15, 0.2) is 12.1 Å². The van der Waals surface area contributed by atoms with Crippen LogP contribution in [-0.2, 0) is 11.0 Å². The second-order valence-electron chi connectivity index (χ2n) is 4.74. The molecule has 1 heterocycles. The normalized spacial score (nSPS) is 12.7. The van der Waals surface area contributed by atoms with Gasteiger partial charge in [-0.25, -0.2) is 4.98 Å². The molecule has 118 valence electrons. The molecule has 0 saturated heterocycles. The van der Waals surface area contributed by atoms with E-state index >= 15 is 0 Å². The van der Waals surface area contributed by atoms with Crippen LogP contribution in [0.4, 0.5) is 24.8 Å². The number of alkyl halides is 3. The van der Waals surface area contributed by atoms with Crippen LogP contribution in [0.3, 0.4) is 0 Å². The molecule has 0 aliphatic carbocycles. The van der Waals surface area contributed by atoms with E-state index in [0.29, 0.717) is 0 Å². The molecule has 1 rings (SSSR count). The average molecular weight is 304 g/mol. The number of hydrogen-bond donors (Lipinski definition) is 2. The van der Waals surface area contributed by atoms with Crippen molar-refractivity contribution < 1.29 is 18.0 Å². The lowest BCUT2D eigenvalue weighted by Crippen LogP contribution is -2.34. The van der Waals surface area contributed by atoms with E-state index in [4.69, 9.17) is 0 Å². The van der Waals surface area contributed by atoms with Gasteiger partial charge in [0.15, 0.2) is 0 Å². The van der Waals surface area contributed by atoms with Gasteiger partial charge in [-0.15, -0.1) is 0 Å². The van der Waals surface area contributed by atoms with Gasteiger partial charge in [0, 0.05) is 27.7 Å². The lowest BCUT2D eigenvalue weighted by molar-refractivity contribution is -0.137. The van der Waals surface area contributed by atoms with Gasteiger partial charge in [-0.1, -0.05) is 6.92 Å². The van der Waals surface area contributed by atoms with Gasteiger partial charge in [-0.2, -0.15) is 13.2 Å². The third-order valence-corrected chi connectivity index (χ3v) is 3.03. The minimum Gasteiger partial charge on any atom is -0.373 e. The third kappa shape index (κ3) is 4.51. The highest BCUT2D eigenvalue weighted by Crippen LogP contribution is 2.32. The minimum atomic E-state index is -4.45. The zero-order chi connectivity index (χ0) is 16.2. The Balaban J connectivity index is 3.03. The van der Waals surface area contributed by atoms with E-state index in [9.17, 15) is 18.0 Å². The second kappa shape index (κ2) is 6.64. The largest absolute Gasteiger partial charge is 0.416 e. The Morgan fingerprint density at radius 2 is 2.00 bits per heavy atom. The maximum absolute atomic E-state index is 12.9. The van der Waals surface area contributed by atoms with Gasteiger partial charge in [0.1, 0.15) is 11.6 Å². The lowest BCUT2D eigenvalue weighted by atomic mass is 10.1. The standard InChI is InChI=1S/C13H19F3N4O/c1-8(12(21)18-3)7-20(4)11-6-9(13(14,15)16)5-10(17-2)19-11/h5-6,8H,7H2,1-4H3,(H,17,19)(H,18,21). The summed E-state index contributed by atoms with van der Waals surface area (Å²) in [6.07, 6.45) is -4.45. The Morgan fingerprint density at radius 3 is 2.48 bits per heavy atom. The van der Waals surface area contributed by atoms with E-state index in [1.165, 1.54) is 19.0 Å². The van der Waals surface area contributed by atoms with Crippen molar-refractivity contribution in [2.45, 2.75) is 13.1 Å². The number of pyridine rings is 1. The molecule has 2 N–H and O–H groups in total. The molecule has 0 aliphatic rings. The van der Waals surface area contributed by atoms with E-state index in [-0.39, 0.29) is 30.0 Å². The van der Waals surface area contributed by atoms with Gasteiger partial charge in [-0.05, 0) is 12.1 Å². The summed E-state index contributed by atoms with van der Waals surface area (Å²) in [5, 5.41) is 5.11. The van der Waals surface area contributed by atoms with Crippen molar-refractivity contribution >= 4 is 17.5 Å². The number of anilines is 2. The predicted molar refractivity (Wildman–Crippen MR) is 75.3 cm³/mol. The first-order valence-electron chi connectivity index (χ1n) is 6.38. The first-order chi connectivity index (χ1) is 9.68. The molecule has 1 amide bonds. The molecule has 0 aromatic carbocycles. The van der Waals surface area contributed by atoms with Crippen LogP contribution in [0.25, 0.3) is 0 Å². The topological polar surface area (TPSA) is 57.3 Å². The third-order valence-electron chi connectivity index (χ3n) is 3.03. The van der Waals surface area contributed by atoms with Crippen LogP contribution in [0.2, 0.25) is 0 Å². The van der Waals surface area contributed by atoms with E-state index in [2.05, 4.69) is 15.6 Å². The van der Waals surface area contributed by atoms with Crippen molar-refractivity contribution in [2.24, 2.45) is 5.92 Å². The average Bonchev–Trinajstić information content (AvgIpc) is 2.44. The molecular formula is C13H19F3N4O. The minimum absolute atomic E-state index is 0.124. The smallest absolute Gasteiger partial charge is 0.373 e. The molecule has 0 spiro atoms. The van der Waals surface area contributed by atoms with Gasteiger partial charge in [0.25, 0.3) is 0 Å². The molecule has 0 radical (unpaired) electrons. The molecule has 5 nitrogen and oxygen atoms in total. The van der Waals surface area contributed by atoms with E-state index in [1.807, 2.05) is 0 Å². The Bertz CT molecular complexity index is 505. The van der Waals surface area contributed by atoms with Crippen LogP contribution >= 0.6 is 0 Å². The molecule has 1 aromatic rings. The van der Waals surface area contributed by atoms with Crippen LogP contribution in [0, 0.1) is 5.92 Å². The van der Waals surface area contributed by atoms with Gasteiger partial charge in [0.2, 0.25) is 5.91 Å². The molecule has 0 aliphatic heterocycles. The van der Waals surface area contributed by atoms with Crippen LogP contribution in [-0.4, -0.2) is 38.6 Å². The Hall–Kier alpha value is -1.99. The van der Waals surface area contributed by atoms with Crippen LogP contribution in [0.5, 0.6) is 0 Å². The molecule has 8 heteroatoms. The van der Waals surface area contributed by atoms with Gasteiger partial charge < -0.3 is 15.5 Å². The lowest BCUT2D eigenvalue weighted by Gasteiger charge is -2.23. The number of nitrogens with one attached hydrogen (secondary N) is 2. The number of hydrogen-bond acceptors (Lipinski definition) is 4. The van der Waals surface area contributed by atoms with E-state index in [0.717, 1.165) is 12.1 Å². The Labute approximate surface area is 121 Å². The fourth-order valence-corrected chi connectivity index (χ4v) is 1.84. The molecule has 1 atom stereocenters. The zero-order valence-corrected chi connectivity index (χ0v) is 12.4. The first kappa shape index (κ1) is 17.1. The maximum atomic E-state index is 12.9. The summed E-state index contributed by atoms with van der Waals surface area (Å²) in [4.78, 5) is 17.1. The monoisotopic (exact) mass is 304 g/mol. The summed E-state index contributed by atoms with van der Waals surface area (Å²) in [7, 11) is 4.61. The van der Waals surface area contributed by atoms with Crippen LogP contribution < -0.4 is 15.5 Å². The van der Waals surface area contributed by atoms with Crippen molar-refractivity contribution in [3.63, 3.8) is 0 Å². The molecule has 0 saturated carbocycles. The van der Waals surface area contributed by atoms with Gasteiger partial charge >= 0.3 is 6.18 Å². The molecule has 21 heavy (non-hydrogen) atoms. The summed E-state index contributed by atoms with van der Waals surface area (Å²) in [6.45, 7) is 1.96. The number of nitrogens with zero attached hydrogens (tertiary/aromatic N) is 2. The molecule has 0 bridgehead atoms. The summed E-state index contributed by atoms with van der Waals surface area (Å²) in [6, 6.07) is 1.91. The second-order valence-corrected chi connectivity index (χ2v) is 4.74. The van der Waals surface area contributed by atoms with Gasteiger partial charge in [-0.3, -0.25) is 4.79 Å². The van der Waals surface area contributed by atoms with E-state index < -0.39 is 11.7 Å². The summed E-state index contributed by atoms with van der Waals surface area (Å²) >= 11 is 0. The van der Waals surface area contributed by atoms with Crippen molar-refractivity contribution in [2.75, 3.05) is 37.9 Å². The highest BCUT2D eigenvalue weighted by atomic mass is 19.4. The summed E-state index contributed by atoms with van der Waals surface area (Å²) in [5.41, 5.74) is -0.781. The Morgan fingerprint density at radius 1 is 1.38 bits per heavy atom. The number of carbonyl (C=O) groups excluding carboxylic acids is 1. The molecular weight excluding hydrogens is 285 g/mol. The van der Waals surface area contributed by atoms with Crippen molar-refractivity contribution in [1.82, 2.24) is 10.3 Å². The molecule has 0 fully saturated rings. The van der Waals surface area contributed by atoms with Crippen molar-refractivity contribution in [3.05, 3.63) is 17.7 Å². The highest BCUT2D eigenvalue weighted by Gasteiger charge is 2.32. The number of aromatic nitrogens is 1. The summed E-state index contributed by atoms with van der Waals surface area (Å²) < 4.78 is 38.6. The van der Waals surface area contributed by atoms with E-state index in [1.54, 1.807) is 14.0 Å². The maximum Gasteiger partial charge on any atom is 0.416 e. The first-order valence-corrected chi connectivity index (χ1v) is 6.38. The summed E-state index contributed by atoms with van der Waals surface area (Å²) in [5.74, 6) is -0.263. The molecule has 1 aromatic heterocycles. The van der Waals surface area contributed by atoms with Crippen molar-refractivity contribution in [1.29, 1.82) is 0 Å². The number of carbonyl (C=O) groups is 1. The zero-order valence-electron chi connectivity index (χ0n) is 12.4. The molecule has 1 unspecified atom stereocenters. The number of amides is 1. The fraction of sp³-hybridized carbons (Fsp3) is 0.538. The van der Waals surface area contributed by atoms with Gasteiger partial charge in [0.05, 0.1) is 11.5 Å². The SMILES string of the molecule is CNC(=O)C(C)CN(C)c1cc(C(F)(F)F)cc(NC)n1. The predicted octanol–water partition coefficient (Wildman–Crippen LogP) is 1.96. The highest BCUT2D eigenvalue weighted by molar-refractivity contribution is 5.78.